The van der Waals surface area contributed by atoms with E-state index >= 15 is 4.39 Å². The SMILES string of the molecule is C[C@@H]1O[C@H](CCc2c(F)cccc2CC(=O)[C@@H](NC(=O)OC(C)(C)C)C(c2ccc(F)cc2)c2ccc(F)cc2)CN(C(=O)OC(C)(C)C)[C@@H]1CO. The first-order valence-electron chi connectivity index (χ1n) is 17.4. The quantitative estimate of drug-likeness (QED) is 0.214. The normalized spacial score (nSPS) is 18.5. The first-order valence-corrected chi connectivity index (χ1v) is 17.4. The highest BCUT2D eigenvalue weighted by Gasteiger charge is 2.39. The Bertz CT molecular complexity index is 1640. The molecule has 52 heavy (non-hydrogen) atoms. The molecule has 9 nitrogen and oxygen atoms in total. The molecule has 3 aromatic carbocycles. The molecule has 2 N–H and O–H groups in total. The summed E-state index contributed by atoms with van der Waals surface area (Å²) in [7, 11) is 0. The van der Waals surface area contributed by atoms with Crippen molar-refractivity contribution in [2.45, 2.75) is 109 Å². The number of benzene rings is 3. The number of Topliss-reactive ketones (excluding diaryl/α,β-unsaturated/α-hetero) is 1. The lowest BCUT2D eigenvalue weighted by Crippen LogP contribution is -2.58. The second kappa shape index (κ2) is 16.9. The summed E-state index contributed by atoms with van der Waals surface area (Å²) >= 11 is 0. The molecule has 4 rings (SSSR count). The number of morpholine rings is 1. The molecule has 0 bridgehead atoms. The summed E-state index contributed by atoms with van der Waals surface area (Å²) in [4.78, 5) is 42.1. The van der Waals surface area contributed by atoms with Crippen molar-refractivity contribution < 1.29 is 46.9 Å². The van der Waals surface area contributed by atoms with Gasteiger partial charge in [-0.3, -0.25) is 9.69 Å². The summed E-state index contributed by atoms with van der Waals surface area (Å²) in [5, 5.41) is 12.7. The monoisotopic (exact) mass is 726 g/mol. The first kappa shape index (κ1) is 40.4. The highest BCUT2D eigenvalue weighted by molar-refractivity contribution is 5.91. The van der Waals surface area contributed by atoms with E-state index in [9.17, 15) is 28.3 Å². The van der Waals surface area contributed by atoms with Crippen molar-refractivity contribution in [3.8, 4) is 0 Å². The Balaban J connectivity index is 1.64. The van der Waals surface area contributed by atoms with Gasteiger partial charge in [-0.15, -0.1) is 0 Å². The van der Waals surface area contributed by atoms with E-state index in [0.717, 1.165) is 0 Å². The van der Waals surface area contributed by atoms with Crippen LogP contribution in [0.15, 0.2) is 66.7 Å². The average molecular weight is 727 g/mol. The van der Waals surface area contributed by atoms with E-state index in [2.05, 4.69) is 5.32 Å². The standard InChI is InChI=1S/C40H49F3N2O7/c1-24-33(23-46)45(38(49)52-40(5,6)7)22-30(50-24)19-20-31-27(9-8-10-32(31)43)21-34(47)36(44-37(48)51-39(2,3)4)35(25-11-15-28(41)16-12-25)26-13-17-29(42)18-14-26/h8-18,24,30,33,35-36,46H,19-23H2,1-7H3,(H,44,48)/t24-,30+,33+,36+/m0/s1. The molecular weight excluding hydrogens is 677 g/mol. The van der Waals surface area contributed by atoms with Gasteiger partial charge in [-0.05, 0) is 114 Å². The maximum Gasteiger partial charge on any atom is 0.410 e. The minimum atomic E-state index is -1.29. The zero-order valence-electron chi connectivity index (χ0n) is 30.8. The fourth-order valence-corrected chi connectivity index (χ4v) is 6.34. The second-order valence-corrected chi connectivity index (χ2v) is 15.1. The van der Waals surface area contributed by atoms with Crippen LogP contribution in [-0.2, 0) is 31.8 Å². The van der Waals surface area contributed by atoms with Crippen molar-refractivity contribution >= 4 is 18.0 Å². The fraction of sp³-hybridized carbons (Fsp3) is 0.475. The van der Waals surface area contributed by atoms with Gasteiger partial charge in [-0.2, -0.15) is 0 Å². The summed E-state index contributed by atoms with van der Waals surface area (Å²) in [6.45, 7) is 11.8. The molecule has 282 valence electrons. The summed E-state index contributed by atoms with van der Waals surface area (Å²) in [6.07, 6.45) is -2.42. The van der Waals surface area contributed by atoms with Gasteiger partial charge < -0.3 is 24.6 Å². The zero-order valence-corrected chi connectivity index (χ0v) is 30.8. The Labute approximate surface area is 303 Å². The number of carbonyl (C=O) groups excluding carboxylic acids is 3. The van der Waals surface area contributed by atoms with Crippen LogP contribution in [0, 0.1) is 17.5 Å². The molecule has 0 aromatic heterocycles. The highest BCUT2D eigenvalue weighted by atomic mass is 19.1. The largest absolute Gasteiger partial charge is 0.444 e. The molecule has 0 spiro atoms. The first-order chi connectivity index (χ1) is 24.3. The van der Waals surface area contributed by atoms with Crippen molar-refractivity contribution in [3.05, 3.63) is 106 Å². The van der Waals surface area contributed by atoms with E-state index in [0.29, 0.717) is 16.7 Å². The molecule has 0 radical (unpaired) electrons. The van der Waals surface area contributed by atoms with Crippen LogP contribution in [0.25, 0.3) is 0 Å². The minimum Gasteiger partial charge on any atom is -0.444 e. The minimum absolute atomic E-state index is 0.103. The van der Waals surface area contributed by atoms with Crippen LogP contribution in [0.1, 0.15) is 83.1 Å². The Hall–Kier alpha value is -4.42. The zero-order chi connectivity index (χ0) is 38.4. The van der Waals surface area contributed by atoms with Gasteiger partial charge in [-0.1, -0.05) is 36.4 Å². The second-order valence-electron chi connectivity index (χ2n) is 15.1. The van der Waals surface area contributed by atoms with Gasteiger partial charge in [0.05, 0.1) is 31.4 Å². The van der Waals surface area contributed by atoms with Crippen LogP contribution in [0.5, 0.6) is 0 Å². The van der Waals surface area contributed by atoms with Crippen LogP contribution in [0.2, 0.25) is 0 Å². The number of hydrogen-bond donors (Lipinski definition) is 2. The number of aliphatic hydroxyl groups is 1. The van der Waals surface area contributed by atoms with Crippen LogP contribution in [-0.4, -0.2) is 76.6 Å². The van der Waals surface area contributed by atoms with Crippen LogP contribution in [0.3, 0.4) is 0 Å². The van der Waals surface area contributed by atoms with E-state index in [1.807, 2.05) is 0 Å². The van der Waals surface area contributed by atoms with Gasteiger partial charge in [0.2, 0.25) is 0 Å². The number of halogens is 3. The molecule has 0 unspecified atom stereocenters. The molecule has 2 amide bonds. The lowest BCUT2D eigenvalue weighted by Gasteiger charge is -2.43. The molecule has 1 fully saturated rings. The molecule has 1 aliphatic rings. The summed E-state index contributed by atoms with van der Waals surface area (Å²) in [5.41, 5.74) is -0.0766. The topological polar surface area (TPSA) is 114 Å². The Morgan fingerprint density at radius 3 is 1.96 bits per heavy atom. The molecular formula is C40H49F3N2O7. The summed E-state index contributed by atoms with van der Waals surface area (Å²) < 4.78 is 60.9. The van der Waals surface area contributed by atoms with Crippen molar-refractivity contribution in [2.24, 2.45) is 0 Å². The average Bonchev–Trinajstić information content (AvgIpc) is 3.04. The highest BCUT2D eigenvalue weighted by Crippen LogP contribution is 2.32. The Morgan fingerprint density at radius 2 is 1.44 bits per heavy atom. The Kier molecular flexibility index (Phi) is 13.1. The van der Waals surface area contributed by atoms with E-state index in [-0.39, 0.29) is 38.0 Å². The van der Waals surface area contributed by atoms with Crippen LogP contribution in [0.4, 0.5) is 22.8 Å². The van der Waals surface area contributed by atoms with Crippen molar-refractivity contribution in [2.75, 3.05) is 13.2 Å². The predicted octanol–water partition coefficient (Wildman–Crippen LogP) is 7.26. The molecule has 4 atom stereocenters. The molecule has 12 heteroatoms. The molecule has 0 aliphatic carbocycles. The molecule has 0 saturated carbocycles. The van der Waals surface area contributed by atoms with Gasteiger partial charge >= 0.3 is 12.2 Å². The third-order valence-corrected chi connectivity index (χ3v) is 8.67. The number of alkyl carbamates (subject to hydrolysis) is 1. The maximum atomic E-state index is 15.6. The molecule has 1 heterocycles. The molecule has 3 aromatic rings. The number of ketones is 1. The van der Waals surface area contributed by atoms with Gasteiger partial charge in [0, 0.05) is 12.3 Å². The Morgan fingerprint density at radius 1 is 0.885 bits per heavy atom. The number of nitrogens with zero attached hydrogens (tertiary/aromatic N) is 1. The van der Waals surface area contributed by atoms with E-state index < -0.39 is 76.8 Å². The number of ether oxygens (including phenoxy) is 3. The van der Waals surface area contributed by atoms with Gasteiger partial charge in [0.15, 0.2) is 5.78 Å². The summed E-state index contributed by atoms with van der Waals surface area (Å²) in [6, 6.07) is 13.4. The van der Waals surface area contributed by atoms with Gasteiger partial charge in [0.1, 0.15) is 34.7 Å². The number of aliphatic hydroxyl groups excluding tert-OH is 1. The van der Waals surface area contributed by atoms with Crippen LogP contribution >= 0.6 is 0 Å². The number of rotatable bonds is 11. The van der Waals surface area contributed by atoms with Gasteiger partial charge in [-0.25, -0.2) is 22.8 Å². The third kappa shape index (κ3) is 11.0. The fourth-order valence-electron chi connectivity index (χ4n) is 6.34. The lowest BCUT2D eigenvalue weighted by atomic mass is 9.81. The van der Waals surface area contributed by atoms with E-state index in [4.69, 9.17) is 14.2 Å². The van der Waals surface area contributed by atoms with Crippen molar-refractivity contribution in [3.63, 3.8) is 0 Å². The van der Waals surface area contributed by atoms with Crippen molar-refractivity contribution in [1.29, 1.82) is 0 Å². The maximum absolute atomic E-state index is 15.6. The lowest BCUT2D eigenvalue weighted by molar-refractivity contribution is -0.122. The number of nitrogens with one attached hydrogen (secondary N) is 1. The molecule has 1 saturated heterocycles. The van der Waals surface area contributed by atoms with Gasteiger partial charge in [0.25, 0.3) is 0 Å². The number of amides is 2. The molecule has 1 aliphatic heterocycles. The smallest absolute Gasteiger partial charge is 0.410 e. The predicted molar refractivity (Wildman–Crippen MR) is 189 cm³/mol. The van der Waals surface area contributed by atoms with Crippen LogP contribution < -0.4 is 5.32 Å². The van der Waals surface area contributed by atoms with Crippen molar-refractivity contribution in [1.82, 2.24) is 10.2 Å². The van der Waals surface area contributed by atoms with E-state index in [1.165, 1.54) is 65.6 Å². The third-order valence-electron chi connectivity index (χ3n) is 8.67. The van der Waals surface area contributed by atoms with E-state index in [1.54, 1.807) is 54.5 Å². The summed E-state index contributed by atoms with van der Waals surface area (Å²) in [5.74, 6) is -2.95. The number of carbonyl (C=O) groups is 3. The number of hydrogen-bond acceptors (Lipinski definition) is 7.